The summed E-state index contributed by atoms with van der Waals surface area (Å²) >= 11 is 3.42. The van der Waals surface area contributed by atoms with Crippen LogP contribution < -0.4 is 4.74 Å². The Balaban J connectivity index is 2.06. The predicted octanol–water partition coefficient (Wildman–Crippen LogP) is 3.14. The number of carbonyl (C=O) groups is 1. The van der Waals surface area contributed by atoms with Crippen LogP contribution in [0, 0.1) is 0 Å². The van der Waals surface area contributed by atoms with Crippen molar-refractivity contribution in [2.75, 3.05) is 26.7 Å². The van der Waals surface area contributed by atoms with Crippen molar-refractivity contribution in [2.45, 2.75) is 32.5 Å². The third-order valence-corrected chi connectivity index (χ3v) is 4.10. The molecule has 1 aliphatic heterocycles. The van der Waals surface area contributed by atoms with Gasteiger partial charge in [0, 0.05) is 18.7 Å². The number of rotatable bonds is 4. The summed E-state index contributed by atoms with van der Waals surface area (Å²) < 4.78 is 11.8. The number of benzene rings is 1. The number of ketones is 1. The summed E-state index contributed by atoms with van der Waals surface area (Å²) in [5.74, 6) is 0.843. The van der Waals surface area contributed by atoms with Crippen molar-refractivity contribution in [1.82, 2.24) is 4.90 Å². The van der Waals surface area contributed by atoms with Gasteiger partial charge in [-0.05, 0) is 54.9 Å². The minimum absolute atomic E-state index is 0.114. The molecule has 1 aromatic rings. The molecule has 1 aliphatic rings. The fourth-order valence-corrected chi connectivity index (χ4v) is 3.38. The van der Waals surface area contributed by atoms with Gasteiger partial charge < -0.3 is 9.47 Å². The Bertz CT molecular complexity index is 530. The van der Waals surface area contributed by atoms with Gasteiger partial charge in [-0.3, -0.25) is 9.69 Å². The molecule has 0 amide bonds. The van der Waals surface area contributed by atoms with Gasteiger partial charge in [-0.15, -0.1) is 0 Å². The molecule has 4 nitrogen and oxygen atoms in total. The van der Waals surface area contributed by atoms with E-state index >= 15 is 0 Å². The quantitative estimate of drug-likeness (QED) is 0.777. The summed E-state index contributed by atoms with van der Waals surface area (Å²) in [4.78, 5) is 14.6. The molecule has 116 valence electrons. The molecule has 1 saturated heterocycles. The Morgan fingerprint density at radius 2 is 2.24 bits per heavy atom. The topological polar surface area (TPSA) is 38.8 Å². The van der Waals surface area contributed by atoms with E-state index in [2.05, 4.69) is 34.7 Å². The van der Waals surface area contributed by atoms with Gasteiger partial charge in [0.15, 0.2) is 5.78 Å². The first-order chi connectivity index (χ1) is 9.80. The maximum atomic E-state index is 12.4. The lowest BCUT2D eigenvalue weighted by molar-refractivity contribution is -0.126. The number of hydrogen-bond acceptors (Lipinski definition) is 4. The van der Waals surface area contributed by atoms with Gasteiger partial charge in [0.25, 0.3) is 0 Å². The lowest BCUT2D eigenvalue weighted by Gasteiger charge is -2.41. The van der Waals surface area contributed by atoms with E-state index in [1.807, 2.05) is 19.1 Å². The molecule has 21 heavy (non-hydrogen) atoms. The lowest BCUT2D eigenvalue weighted by atomic mass is 10.0. The molecule has 0 saturated carbocycles. The second-order valence-corrected chi connectivity index (χ2v) is 6.98. The molecule has 1 unspecified atom stereocenters. The first kappa shape index (κ1) is 16.5. The molecular formula is C16H22BrNO3. The molecule has 1 heterocycles. The van der Waals surface area contributed by atoms with Gasteiger partial charge in [-0.1, -0.05) is 0 Å². The van der Waals surface area contributed by atoms with Crippen molar-refractivity contribution < 1.29 is 14.3 Å². The van der Waals surface area contributed by atoms with E-state index in [-0.39, 0.29) is 17.5 Å². The zero-order chi connectivity index (χ0) is 15.6. The summed E-state index contributed by atoms with van der Waals surface area (Å²) in [5, 5.41) is 0. The number of carbonyl (C=O) groups excluding carboxylic acids is 1. The molecule has 0 N–H and O–H groups in total. The van der Waals surface area contributed by atoms with Gasteiger partial charge in [-0.25, -0.2) is 0 Å². The van der Waals surface area contributed by atoms with E-state index in [0.717, 1.165) is 23.3 Å². The largest absolute Gasteiger partial charge is 0.496 e. The predicted molar refractivity (Wildman–Crippen MR) is 86.1 cm³/mol. The van der Waals surface area contributed by atoms with Gasteiger partial charge in [0.2, 0.25) is 0 Å². The van der Waals surface area contributed by atoms with Crippen molar-refractivity contribution in [3.63, 3.8) is 0 Å². The highest BCUT2D eigenvalue weighted by Crippen LogP contribution is 2.26. The Morgan fingerprint density at radius 3 is 2.81 bits per heavy atom. The van der Waals surface area contributed by atoms with Crippen LogP contribution in [0.3, 0.4) is 0 Å². The van der Waals surface area contributed by atoms with Crippen LogP contribution in [-0.4, -0.2) is 49.1 Å². The third kappa shape index (κ3) is 4.28. The van der Waals surface area contributed by atoms with E-state index in [9.17, 15) is 4.79 Å². The van der Waals surface area contributed by atoms with E-state index in [0.29, 0.717) is 12.1 Å². The number of hydrogen-bond donors (Lipinski definition) is 0. The average Bonchev–Trinajstić information content (AvgIpc) is 2.35. The summed E-state index contributed by atoms with van der Waals surface area (Å²) in [6.07, 6.45) is 0.143. The minimum atomic E-state index is -0.210. The van der Waals surface area contributed by atoms with Crippen molar-refractivity contribution in [3.05, 3.63) is 28.2 Å². The number of ether oxygens (including phenoxy) is 2. The standard InChI is InChI=1S/C16H22BrNO3/c1-11-8-18(10-16(2,3)21-11)9-14(19)12-5-6-15(20-4)13(17)7-12/h5-7,11H,8-10H2,1-4H3. The second-order valence-electron chi connectivity index (χ2n) is 6.13. The number of methoxy groups -OCH3 is 1. The Hall–Kier alpha value is -0.910. The van der Waals surface area contributed by atoms with Gasteiger partial charge in [0.05, 0.1) is 29.8 Å². The molecule has 1 aromatic carbocycles. The van der Waals surface area contributed by atoms with Crippen LogP contribution in [-0.2, 0) is 4.74 Å². The third-order valence-electron chi connectivity index (χ3n) is 3.48. The van der Waals surface area contributed by atoms with Crippen LogP contribution in [0.1, 0.15) is 31.1 Å². The van der Waals surface area contributed by atoms with E-state index in [1.54, 1.807) is 13.2 Å². The van der Waals surface area contributed by atoms with Gasteiger partial charge in [-0.2, -0.15) is 0 Å². The van der Waals surface area contributed by atoms with Crippen molar-refractivity contribution in [2.24, 2.45) is 0 Å². The molecule has 5 heteroatoms. The van der Waals surface area contributed by atoms with Crippen LogP contribution in [0.5, 0.6) is 5.75 Å². The minimum Gasteiger partial charge on any atom is -0.496 e. The molecule has 1 atom stereocenters. The first-order valence-corrected chi connectivity index (χ1v) is 7.87. The van der Waals surface area contributed by atoms with Crippen LogP contribution >= 0.6 is 15.9 Å². The monoisotopic (exact) mass is 355 g/mol. The molecule has 0 aliphatic carbocycles. The Labute approximate surface area is 134 Å². The zero-order valence-electron chi connectivity index (χ0n) is 13.0. The number of nitrogens with zero attached hydrogens (tertiary/aromatic N) is 1. The molecule has 2 rings (SSSR count). The fraction of sp³-hybridized carbons (Fsp3) is 0.562. The van der Waals surface area contributed by atoms with Crippen LogP contribution in [0.2, 0.25) is 0 Å². The zero-order valence-corrected chi connectivity index (χ0v) is 14.6. The summed E-state index contributed by atoms with van der Waals surface area (Å²) in [7, 11) is 1.61. The SMILES string of the molecule is COc1ccc(C(=O)CN2CC(C)OC(C)(C)C2)cc1Br. The average molecular weight is 356 g/mol. The molecule has 0 spiro atoms. The van der Waals surface area contributed by atoms with E-state index in [4.69, 9.17) is 9.47 Å². The maximum absolute atomic E-state index is 12.4. The normalized spacial score (nSPS) is 22.0. The molecule has 0 bridgehead atoms. The van der Waals surface area contributed by atoms with Crippen molar-refractivity contribution in [3.8, 4) is 5.75 Å². The van der Waals surface area contributed by atoms with Crippen LogP contribution in [0.4, 0.5) is 0 Å². The van der Waals surface area contributed by atoms with Crippen LogP contribution in [0.15, 0.2) is 22.7 Å². The Kier molecular flexibility index (Phi) is 5.07. The molecule has 0 radical (unpaired) electrons. The van der Waals surface area contributed by atoms with E-state index in [1.165, 1.54) is 0 Å². The molecule has 1 fully saturated rings. The molecular weight excluding hydrogens is 334 g/mol. The number of Topliss-reactive ketones (excluding diaryl/α,β-unsaturated/α-hetero) is 1. The molecule has 0 aromatic heterocycles. The first-order valence-electron chi connectivity index (χ1n) is 7.07. The fourth-order valence-electron chi connectivity index (χ4n) is 2.84. The summed E-state index contributed by atoms with van der Waals surface area (Å²) in [6, 6.07) is 5.43. The Morgan fingerprint density at radius 1 is 1.52 bits per heavy atom. The van der Waals surface area contributed by atoms with Crippen molar-refractivity contribution >= 4 is 21.7 Å². The van der Waals surface area contributed by atoms with Gasteiger partial charge in [0.1, 0.15) is 5.75 Å². The van der Waals surface area contributed by atoms with Crippen LogP contribution in [0.25, 0.3) is 0 Å². The summed E-state index contributed by atoms with van der Waals surface area (Å²) in [6.45, 7) is 8.12. The smallest absolute Gasteiger partial charge is 0.176 e. The highest BCUT2D eigenvalue weighted by atomic mass is 79.9. The summed E-state index contributed by atoms with van der Waals surface area (Å²) in [5.41, 5.74) is 0.484. The van der Waals surface area contributed by atoms with Crippen molar-refractivity contribution in [1.29, 1.82) is 0 Å². The maximum Gasteiger partial charge on any atom is 0.176 e. The second kappa shape index (κ2) is 6.46. The number of morpholine rings is 1. The van der Waals surface area contributed by atoms with E-state index < -0.39 is 0 Å². The highest BCUT2D eigenvalue weighted by molar-refractivity contribution is 9.10. The lowest BCUT2D eigenvalue weighted by Crippen LogP contribution is -2.53. The highest BCUT2D eigenvalue weighted by Gasteiger charge is 2.32. The number of halogens is 1. The van der Waals surface area contributed by atoms with Gasteiger partial charge >= 0.3 is 0 Å².